The molecule has 0 saturated carbocycles. The van der Waals surface area contributed by atoms with Crippen LogP contribution in [0.15, 0.2) is 59.5 Å². The van der Waals surface area contributed by atoms with Crippen LogP contribution >= 0.6 is 0 Å². The molecule has 0 amide bonds. The van der Waals surface area contributed by atoms with Crippen molar-refractivity contribution in [1.29, 1.82) is 0 Å². The molecule has 126 valence electrons. The molecular formula is C18H20N2O3S. The fourth-order valence-corrected chi connectivity index (χ4v) is 3.98. The van der Waals surface area contributed by atoms with E-state index in [1.54, 1.807) is 48.7 Å². The molecule has 1 aromatic heterocycles. The molecule has 1 N–H and O–H groups in total. The summed E-state index contributed by atoms with van der Waals surface area (Å²) in [6.45, 7) is 3.65. The molecule has 3 aromatic rings. The number of hydrogen-bond acceptors (Lipinski definition) is 4. The Morgan fingerprint density at radius 3 is 2.33 bits per heavy atom. The normalized spacial score (nSPS) is 12.6. The molecule has 0 unspecified atom stereocenters. The number of aliphatic hydroxyl groups is 1. The second-order valence-corrected chi connectivity index (χ2v) is 8.48. The fourth-order valence-electron chi connectivity index (χ4n) is 2.68. The highest BCUT2D eigenvalue weighted by Gasteiger charge is 2.23. The number of nitrogens with zero attached hydrogens (tertiary/aromatic N) is 2. The number of benzene rings is 2. The van der Waals surface area contributed by atoms with E-state index in [9.17, 15) is 13.5 Å². The van der Waals surface area contributed by atoms with E-state index in [4.69, 9.17) is 0 Å². The van der Waals surface area contributed by atoms with Crippen LogP contribution in [-0.4, -0.2) is 28.7 Å². The Morgan fingerprint density at radius 2 is 1.67 bits per heavy atom. The van der Waals surface area contributed by atoms with Gasteiger partial charge in [0.15, 0.2) is 9.84 Å². The molecule has 24 heavy (non-hydrogen) atoms. The third kappa shape index (κ3) is 3.49. The quantitative estimate of drug-likeness (QED) is 0.772. The summed E-state index contributed by atoms with van der Waals surface area (Å²) < 4.78 is 27.1. The van der Waals surface area contributed by atoms with Gasteiger partial charge in [-0.25, -0.2) is 13.4 Å². The minimum atomic E-state index is -3.50. The van der Waals surface area contributed by atoms with Gasteiger partial charge >= 0.3 is 0 Å². The van der Waals surface area contributed by atoms with Crippen LogP contribution in [0.3, 0.4) is 0 Å². The minimum Gasteiger partial charge on any atom is -0.389 e. The van der Waals surface area contributed by atoms with Gasteiger partial charge < -0.3 is 9.67 Å². The van der Waals surface area contributed by atoms with Crippen molar-refractivity contribution in [1.82, 2.24) is 9.55 Å². The summed E-state index contributed by atoms with van der Waals surface area (Å²) in [5, 5.41) is 10.2. The van der Waals surface area contributed by atoms with Crippen LogP contribution in [0.5, 0.6) is 0 Å². The first-order valence-corrected chi connectivity index (χ1v) is 9.36. The Labute approximate surface area is 141 Å². The largest absolute Gasteiger partial charge is 0.389 e. The summed E-state index contributed by atoms with van der Waals surface area (Å²) >= 11 is 0. The molecular weight excluding hydrogens is 324 g/mol. The predicted molar refractivity (Wildman–Crippen MR) is 93.4 cm³/mol. The molecule has 0 aliphatic carbocycles. The van der Waals surface area contributed by atoms with Crippen molar-refractivity contribution in [2.75, 3.05) is 0 Å². The van der Waals surface area contributed by atoms with E-state index < -0.39 is 15.4 Å². The van der Waals surface area contributed by atoms with Crippen molar-refractivity contribution in [3.05, 3.63) is 60.4 Å². The summed E-state index contributed by atoms with van der Waals surface area (Å²) in [5.74, 6) is 0.226. The van der Waals surface area contributed by atoms with E-state index in [1.807, 2.05) is 24.3 Å². The summed E-state index contributed by atoms with van der Waals surface area (Å²) in [7, 11) is -3.50. The number of para-hydroxylation sites is 2. The van der Waals surface area contributed by atoms with Crippen LogP contribution in [0.2, 0.25) is 0 Å². The van der Waals surface area contributed by atoms with Crippen molar-refractivity contribution in [2.45, 2.75) is 36.6 Å². The molecule has 5 nitrogen and oxygen atoms in total. The summed E-state index contributed by atoms with van der Waals surface area (Å²) in [6.07, 6.45) is 0. The summed E-state index contributed by atoms with van der Waals surface area (Å²) in [6, 6.07) is 15.8. The zero-order chi connectivity index (χ0) is 17.4. The van der Waals surface area contributed by atoms with E-state index in [-0.39, 0.29) is 17.2 Å². The lowest BCUT2D eigenvalue weighted by molar-refractivity contribution is 0.0620. The van der Waals surface area contributed by atoms with Gasteiger partial charge in [-0.05, 0) is 38.1 Å². The molecule has 0 saturated heterocycles. The van der Waals surface area contributed by atoms with Gasteiger partial charge in [0.05, 0.1) is 28.1 Å². The maximum absolute atomic E-state index is 12.7. The van der Waals surface area contributed by atoms with Crippen LogP contribution in [0.25, 0.3) is 11.0 Å². The molecule has 0 fully saturated rings. The van der Waals surface area contributed by atoms with Gasteiger partial charge in [0.1, 0.15) is 11.6 Å². The minimum absolute atomic E-state index is 0.207. The molecule has 0 aliphatic rings. The van der Waals surface area contributed by atoms with Crippen molar-refractivity contribution >= 4 is 20.9 Å². The third-order valence-corrected chi connectivity index (χ3v) is 5.33. The number of sulfone groups is 1. The first-order chi connectivity index (χ1) is 11.3. The van der Waals surface area contributed by atoms with Gasteiger partial charge in [0, 0.05) is 0 Å². The van der Waals surface area contributed by atoms with Gasteiger partial charge in [-0.1, -0.05) is 30.3 Å². The maximum atomic E-state index is 12.7. The maximum Gasteiger partial charge on any atom is 0.185 e. The average molecular weight is 344 g/mol. The Balaban J connectivity index is 2.07. The average Bonchev–Trinajstić information content (AvgIpc) is 2.84. The molecule has 2 aromatic carbocycles. The van der Waals surface area contributed by atoms with E-state index >= 15 is 0 Å². The van der Waals surface area contributed by atoms with Crippen LogP contribution in [0.4, 0.5) is 0 Å². The van der Waals surface area contributed by atoms with Crippen LogP contribution in [0, 0.1) is 0 Å². The Morgan fingerprint density at radius 1 is 1.04 bits per heavy atom. The lowest BCUT2D eigenvalue weighted by Gasteiger charge is -2.20. The van der Waals surface area contributed by atoms with E-state index in [1.165, 1.54) is 0 Å². The summed E-state index contributed by atoms with van der Waals surface area (Å²) in [4.78, 5) is 4.75. The highest BCUT2D eigenvalue weighted by atomic mass is 32.2. The van der Waals surface area contributed by atoms with Crippen molar-refractivity contribution in [3.8, 4) is 0 Å². The lowest BCUT2D eigenvalue weighted by Crippen LogP contribution is -2.27. The smallest absolute Gasteiger partial charge is 0.185 e. The standard InChI is InChI=1S/C18H20N2O3S/c1-18(2,21)13-20-16-11-7-6-10-15(16)19-17(20)12-24(22,23)14-8-4-3-5-9-14/h3-11,21H,12-13H2,1-2H3. The van der Waals surface area contributed by atoms with Crippen LogP contribution < -0.4 is 0 Å². The van der Waals surface area contributed by atoms with Crippen molar-refractivity contribution in [3.63, 3.8) is 0 Å². The Hall–Kier alpha value is -2.18. The van der Waals surface area contributed by atoms with E-state index in [2.05, 4.69) is 4.98 Å². The number of imidazole rings is 1. The van der Waals surface area contributed by atoms with Gasteiger partial charge in [-0.15, -0.1) is 0 Å². The Bertz CT molecular complexity index is 955. The molecule has 0 bridgehead atoms. The fraction of sp³-hybridized carbons (Fsp3) is 0.278. The monoisotopic (exact) mass is 344 g/mol. The molecule has 1 heterocycles. The number of hydrogen-bond donors (Lipinski definition) is 1. The van der Waals surface area contributed by atoms with Crippen LogP contribution in [0.1, 0.15) is 19.7 Å². The first-order valence-electron chi connectivity index (χ1n) is 7.71. The van der Waals surface area contributed by atoms with Gasteiger partial charge in [0.25, 0.3) is 0 Å². The predicted octanol–water partition coefficient (Wildman–Crippen LogP) is 2.78. The lowest BCUT2D eigenvalue weighted by atomic mass is 10.1. The zero-order valence-electron chi connectivity index (χ0n) is 13.7. The molecule has 0 radical (unpaired) electrons. The van der Waals surface area contributed by atoms with Crippen molar-refractivity contribution in [2.24, 2.45) is 0 Å². The summed E-state index contributed by atoms with van der Waals surface area (Å²) in [5.41, 5.74) is 0.562. The molecule has 0 aliphatic heterocycles. The van der Waals surface area contributed by atoms with E-state index in [0.29, 0.717) is 5.82 Å². The first kappa shape index (κ1) is 16.7. The number of aromatic nitrogens is 2. The van der Waals surface area contributed by atoms with Gasteiger partial charge in [-0.3, -0.25) is 0 Å². The van der Waals surface area contributed by atoms with Gasteiger partial charge in [0.2, 0.25) is 0 Å². The second-order valence-electron chi connectivity index (χ2n) is 6.49. The molecule has 0 spiro atoms. The Kier molecular flexibility index (Phi) is 4.19. The topological polar surface area (TPSA) is 72.2 Å². The van der Waals surface area contributed by atoms with Crippen molar-refractivity contribution < 1.29 is 13.5 Å². The van der Waals surface area contributed by atoms with Gasteiger partial charge in [-0.2, -0.15) is 0 Å². The highest BCUT2D eigenvalue weighted by Crippen LogP contribution is 2.23. The zero-order valence-corrected chi connectivity index (χ0v) is 14.5. The second kappa shape index (κ2) is 6.03. The van der Waals surface area contributed by atoms with Crippen LogP contribution in [-0.2, 0) is 22.1 Å². The molecule has 0 atom stereocenters. The number of fused-ring (bicyclic) bond motifs is 1. The SMILES string of the molecule is CC(C)(O)Cn1c(CS(=O)(=O)c2ccccc2)nc2ccccc21. The molecule has 6 heteroatoms. The highest BCUT2D eigenvalue weighted by molar-refractivity contribution is 7.90. The number of rotatable bonds is 5. The third-order valence-electron chi connectivity index (χ3n) is 3.70. The van der Waals surface area contributed by atoms with E-state index in [0.717, 1.165) is 11.0 Å². The molecule has 3 rings (SSSR count).